The fraction of sp³-hybridized carbons (Fsp3) is 0.810. The number of nitrogens with zero attached hydrogens (tertiary/aromatic N) is 4. The predicted octanol–water partition coefficient (Wildman–Crippen LogP) is 1.65. The second-order valence-electron chi connectivity index (χ2n) is 8.22. The van der Waals surface area contributed by atoms with Gasteiger partial charge < -0.3 is 10.1 Å². The Kier molecular flexibility index (Phi) is 7.88. The number of likely N-dealkylation sites (tertiary alicyclic amines) is 2. The summed E-state index contributed by atoms with van der Waals surface area (Å²) >= 11 is 0. The van der Waals surface area contributed by atoms with Crippen LogP contribution >= 0.6 is 0 Å². The smallest absolute Gasteiger partial charge is 0.224 e. The molecular formula is C21H37N5O2. The van der Waals surface area contributed by atoms with Gasteiger partial charge in [-0.15, -0.1) is 0 Å². The third-order valence-corrected chi connectivity index (χ3v) is 6.27. The minimum atomic E-state index is 0.131. The maximum Gasteiger partial charge on any atom is 0.224 e. The highest BCUT2D eigenvalue weighted by Gasteiger charge is 2.31. The number of amides is 1. The lowest BCUT2D eigenvalue weighted by Gasteiger charge is -2.42. The fourth-order valence-electron chi connectivity index (χ4n) is 4.53. The van der Waals surface area contributed by atoms with E-state index in [9.17, 15) is 4.79 Å². The molecule has 3 rings (SSSR count). The molecule has 2 aliphatic heterocycles. The molecule has 0 aliphatic carbocycles. The van der Waals surface area contributed by atoms with Gasteiger partial charge in [0.25, 0.3) is 0 Å². The predicted molar refractivity (Wildman–Crippen MR) is 110 cm³/mol. The van der Waals surface area contributed by atoms with Crippen LogP contribution in [0.25, 0.3) is 0 Å². The van der Waals surface area contributed by atoms with Crippen LogP contribution in [0.3, 0.4) is 0 Å². The van der Waals surface area contributed by atoms with Gasteiger partial charge in [-0.25, -0.2) is 0 Å². The molecular weight excluding hydrogens is 354 g/mol. The van der Waals surface area contributed by atoms with Crippen molar-refractivity contribution in [3.8, 4) is 0 Å². The molecule has 1 aromatic rings. The number of aryl methyl sites for hydroxylation is 2. The summed E-state index contributed by atoms with van der Waals surface area (Å²) in [6.07, 6.45) is 6.71. The minimum Gasteiger partial charge on any atom is -0.383 e. The summed E-state index contributed by atoms with van der Waals surface area (Å²) in [6, 6.07) is 0.616. The van der Waals surface area contributed by atoms with Gasteiger partial charge in [0.1, 0.15) is 0 Å². The van der Waals surface area contributed by atoms with E-state index in [2.05, 4.69) is 40.3 Å². The number of aromatic nitrogens is 2. The zero-order chi connectivity index (χ0) is 19.9. The molecule has 0 spiro atoms. The van der Waals surface area contributed by atoms with E-state index in [0.29, 0.717) is 19.2 Å². The second-order valence-corrected chi connectivity index (χ2v) is 8.22. The SMILES string of the molecule is CCn1cc(CN2CCC(N3CCCC(C(=O)NCCOC)C3)CC2)c(C)n1. The van der Waals surface area contributed by atoms with Crippen molar-refractivity contribution in [1.82, 2.24) is 24.9 Å². The van der Waals surface area contributed by atoms with Gasteiger partial charge in [-0.2, -0.15) is 5.10 Å². The number of nitrogens with one attached hydrogen (secondary N) is 1. The molecule has 1 atom stereocenters. The third kappa shape index (κ3) is 5.55. The number of hydrogen-bond acceptors (Lipinski definition) is 5. The summed E-state index contributed by atoms with van der Waals surface area (Å²) < 4.78 is 7.06. The van der Waals surface area contributed by atoms with Crippen molar-refractivity contribution >= 4 is 5.91 Å². The van der Waals surface area contributed by atoms with Crippen LogP contribution in [0, 0.1) is 12.8 Å². The van der Waals surface area contributed by atoms with Crippen molar-refractivity contribution in [2.45, 2.75) is 58.7 Å². The van der Waals surface area contributed by atoms with E-state index in [0.717, 1.165) is 57.8 Å². The van der Waals surface area contributed by atoms with Crippen molar-refractivity contribution < 1.29 is 9.53 Å². The Labute approximate surface area is 169 Å². The van der Waals surface area contributed by atoms with Gasteiger partial charge in [0.2, 0.25) is 5.91 Å². The Morgan fingerprint density at radius 2 is 2.07 bits per heavy atom. The van der Waals surface area contributed by atoms with Crippen LogP contribution in [0.4, 0.5) is 0 Å². The average Bonchev–Trinajstić information content (AvgIpc) is 3.08. The zero-order valence-electron chi connectivity index (χ0n) is 17.8. The van der Waals surface area contributed by atoms with Gasteiger partial charge in [0, 0.05) is 51.1 Å². The first kappa shape index (κ1) is 21.3. The maximum absolute atomic E-state index is 12.4. The first-order valence-corrected chi connectivity index (χ1v) is 10.9. The summed E-state index contributed by atoms with van der Waals surface area (Å²) in [6.45, 7) is 11.7. The quantitative estimate of drug-likeness (QED) is 0.683. The van der Waals surface area contributed by atoms with Crippen LogP contribution < -0.4 is 5.32 Å². The molecule has 2 fully saturated rings. The number of carbonyl (C=O) groups is 1. The molecule has 7 heteroatoms. The van der Waals surface area contributed by atoms with Gasteiger partial charge in [0.05, 0.1) is 18.2 Å². The lowest BCUT2D eigenvalue weighted by Crippen LogP contribution is -2.50. The number of methoxy groups -OCH3 is 1. The van der Waals surface area contributed by atoms with Crippen LogP contribution in [-0.2, 0) is 22.6 Å². The summed E-state index contributed by atoms with van der Waals surface area (Å²) in [5.74, 6) is 0.328. The molecule has 1 unspecified atom stereocenters. The Morgan fingerprint density at radius 1 is 1.29 bits per heavy atom. The van der Waals surface area contributed by atoms with Gasteiger partial charge in [-0.3, -0.25) is 19.3 Å². The van der Waals surface area contributed by atoms with E-state index in [1.807, 2.05) is 4.68 Å². The lowest BCUT2D eigenvalue weighted by atomic mass is 9.93. The number of ether oxygens (including phenoxy) is 1. The number of hydrogen-bond donors (Lipinski definition) is 1. The lowest BCUT2D eigenvalue weighted by molar-refractivity contribution is -0.127. The van der Waals surface area contributed by atoms with Crippen molar-refractivity contribution in [3.05, 3.63) is 17.5 Å². The Bertz CT molecular complexity index is 624. The molecule has 0 bridgehead atoms. The van der Waals surface area contributed by atoms with Gasteiger partial charge in [-0.1, -0.05) is 0 Å². The van der Waals surface area contributed by atoms with Gasteiger partial charge >= 0.3 is 0 Å². The minimum absolute atomic E-state index is 0.131. The Hall–Kier alpha value is -1.44. The van der Waals surface area contributed by atoms with E-state index in [1.165, 1.54) is 18.4 Å². The molecule has 0 radical (unpaired) electrons. The summed E-state index contributed by atoms with van der Waals surface area (Å²) in [4.78, 5) is 17.5. The topological polar surface area (TPSA) is 62.6 Å². The zero-order valence-corrected chi connectivity index (χ0v) is 17.8. The van der Waals surface area contributed by atoms with E-state index < -0.39 is 0 Å². The average molecular weight is 392 g/mol. The van der Waals surface area contributed by atoms with Gasteiger partial charge in [-0.05, 0) is 59.2 Å². The molecule has 1 aromatic heterocycles. The molecule has 2 aliphatic rings. The summed E-state index contributed by atoms with van der Waals surface area (Å²) in [7, 11) is 1.66. The van der Waals surface area contributed by atoms with Crippen LogP contribution in [0.15, 0.2) is 6.20 Å². The molecule has 158 valence electrons. The number of carbonyl (C=O) groups excluding carboxylic acids is 1. The molecule has 0 aromatic carbocycles. The van der Waals surface area contributed by atoms with Crippen molar-refractivity contribution in [2.75, 3.05) is 46.4 Å². The number of rotatable bonds is 8. The van der Waals surface area contributed by atoms with E-state index >= 15 is 0 Å². The molecule has 28 heavy (non-hydrogen) atoms. The first-order valence-electron chi connectivity index (χ1n) is 10.9. The summed E-state index contributed by atoms with van der Waals surface area (Å²) in [5, 5.41) is 7.59. The Balaban J connectivity index is 1.45. The maximum atomic E-state index is 12.4. The third-order valence-electron chi connectivity index (χ3n) is 6.27. The highest BCUT2D eigenvalue weighted by Crippen LogP contribution is 2.25. The highest BCUT2D eigenvalue weighted by molar-refractivity contribution is 5.78. The first-order chi connectivity index (χ1) is 13.6. The van der Waals surface area contributed by atoms with Crippen molar-refractivity contribution in [2.24, 2.45) is 5.92 Å². The standard InChI is InChI=1S/C21H37N5O2/c1-4-26-16-19(17(2)23-26)14-24-11-7-20(8-12-24)25-10-5-6-18(15-25)21(27)22-9-13-28-3/h16,18,20H,4-15H2,1-3H3,(H,22,27). The van der Waals surface area contributed by atoms with E-state index in [1.54, 1.807) is 7.11 Å². The van der Waals surface area contributed by atoms with Crippen LogP contribution in [-0.4, -0.2) is 78.0 Å². The molecule has 7 nitrogen and oxygen atoms in total. The summed E-state index contributed by atoms with van der Waals surface area (Å²) in [5.41, 5.74) is 2.51. The normalized spacial score (nSPS) is 22.5. The van der Waals surface area contributed by atoms with Gasteiger partial charge in [0.15, 0.2) is 0 Å². The molecule has 3 heterocycles. The van der Waals surface area contributed by atoms with Crippen LogP contribution in [0.5, 0.6) is 0 Å². The fourth-order valence-corrected chi connectivity index (χ4v) is 4.53. The highest BCUT2D eigenvalue weighted by atomic mass is 16.5. The monoisotopic (exact) mass is 391 g/mol. The van der Waals surface area contributed by atoms with Crippen molar-refractivity contribution in [1.29, 1.82) is 0 Å². The van der Waals surface area contributed by atoms with Crippen LogP contribution in [0.1, 0.15) is 43.9 Å². The molecule has 0 saturated carbocycles. The molecule has 1 amide bonds. The molecule has 1 N–H and O–H groups in total. The van der Waals surface area contributed by atoms with E-state index in [-0.39, 0.29) is 11.8 Å². The number of piperidine rings is 2. The van der Waals surface area contributed by atoms with Crippen molar-refractivity contribution in [3.63, 3.8) is 0 Å². The van der Waals surface area contributed by atoms with Crippen LogP contribution in [0.2, 0.25) is 0 Å². The second kappa shape index (κ2) is 10.4. The molecule has 2 saturated heterocycles. The van der Waals surface area contributed by atoms with E-state index in [4.69, 9.17) is 4.74 Å². The Morgan fingerprint density at radius 3 is 2.75 bits per heavy atom. The largest absolute Gasteiger partial charge is 0.383 e.